The Balaban J connectivity index is 2.21. The summed E-state index contributed by atoms with van der Waals surface area (Å²) >= 11 is 0. The molecule has 0 amide bonds. The van der Waals surface area contributed by atoms with Crippen LogP contribution in [0.1, 0.15) is 48.0 Å². The van der Waals surface area contributed by atoms with Crippen molar-refractivity contribution in [2.24, 2.45) is 17.3 Å². The molecule has 0 spiro atoms. The van der Waals surface area contributed by atoms with Crippen molar-refractivity contribution in [1.82, 2.24) is 0 Å². The Morgan fingerprint density at radius 1 is 1.19 bits per heavy atom. The molecule has 0 aliphatic heterocycles. The Kier molecular flexibility index (Phi) is 3.56. The Bertz CT molecular complexity index is 257. The van der Waals surface area contributed by atoms with Gasteiger partial charge in [-0.25, -0.2) is 4.79 Å². The first kappa shape index (κ1) is 13.3. The lowest BCUT2D eigenvalue weighted by Gasteiger charge is -2.20. The maximum atomic E-state index is 11.3. The Hall–Kier alpha value is -0.730. The second-order valence-corrected chi connectivity index (χ2v) is 6.74. The van der Waals surface area contributed by atoms with Crippen molar-refractivity contribution in [2.75, 3.05) is 6.61 Å². The summed E-state index contributed by atoms with van der Waals surface area (Å²) < 4.78 is 10.2. The third-order valence-corrected chi connectivity index (χ3v) is 2.84. The minimum atomic E-state index is -0.549. The van der Waals surface area contributed by atoms with Gasteiger partial charge in [-0.3, -0.25) is 0 Å². The van der Waals surface area contributed by atoms with Gasteiger partial charge in [0.1, 0.15) is 5.60 Å². The number of rotatable bonds is 2. The third-order valence-electron chi connectivity index (χ3n) is 2.84. The molecule has 1 fully saturated rings. The van der Waals surface area contributed by atoms with Gasteiger partial charge in [0.25, 0.3) is 0 Å². The summed E-state index contributed by atoms with van der Waals surface area (Å²) in [6.45, 7) is 12.7. The zero-order valence-electron chi connectivity index (χ0n) is 11.3. The van der Waals surface area contributed by atoms with Gasteiger partial charge >= 0.3 is 6.16 Å². The molecule has 1 aliphatic rings. The SMILES string of the molecule is CC(C)(C)OC(=O)OC[C@H]1C[C@@H]1C(C)(C)C. The molecular weight excluding hydrogens is 204 g/mol. The van der Waals surface area contributed by atoms with E-state index >= 15 is 0 Å². The van der Waals surface area contributed by atoms with E-state index in [0.717, 1.165) is 6.42 Å². The first-order valence-corrected chi connectivity index (χ1v) is 5.95. The van der Waals surface area contributed by atoms with Crippen molar-refractivity contribution in [1.29, 1.82) is 0 Å². The van der Waals surface area contributed by atoms with E-state index in [1.54, 1.807) is 0 Å². The van der Waals surface area contributed by atoms with Crippen LogP contribution in [0.4, 0.5) is 4.79 Å². The van der Waals surface area contributed by atoms with Gasteiger partial charge in [-0.15, -0.1) is 0 Å². The van der Waals surface area contributed by atoms with Crippen LogP contribution >= 0.6 is 0 Å². The standard InChI is InChI=1S/C13H24O3/c1-12(2,3)10-7-9(10)8-15-11(14)16-13(4,5)6/h9-10H,7-8H2,1-6H3/t9-,10+/m1/s1. The molecule has 16 heavy (non-hydrogen) atoms. The van der Waals surface area contributed by atoms with Crippen LogP contribution in [0.5, 0.6) is 0 Å². The molecule has 0 heterocycles. The highest BCUT2D eigenvalue weighted by Crippen LogP contribution is 2.50. The molecule has 0 aromatic rings. The second-order valence-electron chi connectivity index (χ2n) is 6.74. The summed E-state index contributed by atoms with van der Waals surface area (Å²) in [5.41, 5.74) is -0.147. The van der Waals surface area contributed by atoms with Crippen molar-refractivity contribution in [3.05, 3.63) is 0 Å². The van der Waals surface area contributed by atoms with Gasteiger partial charge in [0.2, 0.25) is 0 Å². The molecule has 0 aromatic heterocycles. The van der Waals surface area contributed by atoms with E-state index in [-0.39, 0.29) is 0 Å². The molecule has 1 rings (SSSR count). The summed E-state index contributed by atoms with van der Waals surface area (Å²) in [5.74, 6) is 1.20. The highest BCUT2D eigenvalue weighted by atomic mass is 16.7. The average molecular weight is 228 g/mol. The zero-order chi connectivity index (χ0) is 12.6. The van der Waals surface area contributed by atoms with Crippen LogP contribution in [0.15, 0.2) is 0 Å². The molecule has 2 atom stereocenters. The van der Waals surface area contributed by atoms with E-state index in [0.29, 0.717) is 23.9 Å². The van der Waals surface area contributed by atoms with Crippen LogP contribution in [0.25, 0.3) is 0 Å². The maximum Gasteiger partial charge on any atom is 0.508 e. The summed E-state index contributed by atoms with van der Waals surface area (Å²) in [5, 5.41) is 0. The fourth-order valence-corrected chi connectivity index (χ4v) is 1.95. The molecule has 0 unspecified atom stereocenters. The van der Waals surface area contributed by atoms with Crippen LogP contribution in [0, 0.1) is 17.3 Å². The quantitative estimate of drug-likeness (QED) is 0.677. The van der Waals surface area contributed by atoms with Crippen LogP contribution in [0.2, 0.25) is 0 Å². The smallest absolute Gasteiger partial charge is 0.434 e. The third kappa shape index (κ3) is 4.42. The topological polar surface area (TPSA) is 35.5 Å². The number of carbonyl (C=O) groups excluding carboxylic acids is 1. The molecular formula is C13H24O3. The van der Waals surface area contributed by atoms with Crippen LogP contribution in [-0.4, -0.2) is 18.4 Å². The minimum absolute atomic E-state index is 0.321. The van der Waals surface area contributed by atoms with Gasteiger partial charge in [0.05, 0.1) is 6.61 Å². The van der Waals surface area contributed by atoms with Gasteiger partial charge in [-0.1, -0.05) is 20.8 Å². The summed E-state index contributed by atoms with van der Waals surface area (Å²) in [4.78, 5) is 11.3. The van der Waals surface area contributed by atoms with Crippen molar-refractivity contribution < 1.29 is 14.3 Å². The van der Waals surface area contributed by atoms with Gasteiger partial charge in [0.15, 0.2) is 0 Å². The molecule has 1 saturated carbocycles. The second kappa shape index (κ2) is 4.27. The van der Waals surface area contributed by atoms with Crippen LogP contribution in [-0.2, 0) is 9.47 Å². The fourth-order valence-electron chi connectivity index (χ4n) is 1.95. The maximum absolute atomic E-state index is 11.3. The number of hydrogen-bond donors (Lipinski definition) is 0. The van der Waals surface area contributed by atoms with Gasteiger partial charge in [-0.05, 0) is 44.4 Å². The lowest BCUT2D eigenvalue weighted by atomic mass is 9.89. The van der Waals surface area contributed by atoms with E-state index < -0.39 is 11.8 Å². The molecule has 0 bridgehead atoms. The largest absolute Gasteiger partial charge is 0.508 e. The van der Waals surface area contributed by atoms with E-state index in [1.807, 2.05) is 20.8 Å². The van der Waals surface area contributed by atoms with Crippen LogP contribution < -0.4 is 0 Å². The van der Waals surface area contributed by atoms with E-state index in [2.05, 4.69) is 20.8 Å². The summed E-state index contributed by atoms with van der Waals surface area (Å²) in [6, 6.07) is 0. The minimum Gasteiger partial charge on any atom is -0.434 e. The normalized spacial score (nSPS) is 25.1. The Labute approximate surface area is 98.5 Å². The summed E-state index contributed by atoms with van der Waals surface area (Å²) in [7, 11) is 0. The first-order chi connectivity index (χ1) is 7.09. The molecule has 94 valence electrons. The predicted octanol–water partition coefficient (Wildman–Crippen LogP) is 3.62. The molecule has 1 aliphatic carbocycles. The lowest BCUT2D eigenvalue weighted by molar-refractivity contribution is -0.0101. The first-order valence-electron chi connectivity index (χ1n) is 5.95. The molecule has 3 nitrogen and oxygen atoms in total. The predicted molar refractivity (Wildman–Crippen MR) is 63.2 cm³/mol. The highest BCUT2D eigenvalue weighted by Gasteiger charge is 2.45. The van der Waals surface area contributed by atoms with E-state index in [4.69, 9.17) is 9.47 Å². The van der Waals surface area contributed by atoms with Crippen molar-refractivity contribution in [2.45, 2.75) is 53.6 Å². The van der Waals surface area contributed by atoms with E-state index in [9.17, 15) is 4.79 Å². The molecule has 0 saturated heterocycles. The number of carbonyl (C=O) groups is 1. The van der Waals surface area contributed by atoms with Crippen molar-refractivity contribution >= 4 is 6.16 Å². The monoisotopic (exact) mass is 228 g/mol. The van der Waals surface area contributed by atoms with Gasteiger partial charge in [-0.2, -0.15) is 0 Å². The van der Waals surface area contributed by atoms with Crippen molar-refractivity contribution in [3.63, 3.8) is 0 Å². The van der Waals surface area contributed by atoms with Crippen molar-refractivity contribution in [3.8, 4) is 0 Å². The Morgan fingerprint density at radius 2 is 1.75 bits per heavy atom. The fraction of sp³-hybridized carbons (Fsp3) is 0.923. The molecule has 0 radical (unpaired) electrons. The van der Waals surface area contributed by atoms with Gasteiger partial charge < -0.3 is 9.47 Å². The average Bonchev–Trinajstić information content (AvgIpc) is 2.74. The number of ether oxygens (including phenoxy) is 2. The number of hydrogen-bond acceptors (Lipinski definition) is 3. The Morgan fingerprint density at radius 3 is 2.12 bits per heavy atom. The zero-order valence-corrected chi connectivity index (χ0v) is 11.3. The highest BCUT2D eigenvalue weighted by molar-refractivity contribution is 5.60. The molecule has 0 aromatic carbocycles. The van der Waals surface area contributed by atoms with Gasteiger partial charge in [0, 0.05) is 0 Å². The van der Waals surface area contributed by atoms with Crippen LogP contribution in [0.3, 0.4) is 0 Å². The molecule has 0 N–H and O–H groups in total. The molecule has 3 heteroatoms. The lowest BCUT2D eigenvalue weighted by Crippen LogP contribution is -2.25. The van der Waals surface area contributed by atoms with E-state index in [1.165, 1.54) is 0 Å². The summed E-state index contributed by atoms with van der Waals surface area (Å²) in [6.07, 6.45) is 0.610.